The zero-order chi connectivity index (χ0) is 38.9. The maximum Gasteiger partial charge on any atom is 0.256 e. The van der Waals surface area contributed by atoms with Crippen molar-refractivity contribution in [3.8, 4) is 23.0 Å². The topological polar surface area (TPSA) is 180 Å². The summed E-state index contributed by atoms with van der Waals surface area (Å²) in [5.41, 5.74) is 1.21. The molecule has 288 valence electrons. The molecule has 8 bridgehead atoms. The van der Waals surface area contributed by atoms with Crippen molar-refractivity contribution in [1.29, 1.82) is 0 Å². The second-order valence-electron chi connectivity index (χ2n) is 14.7. The van der Waals surface area contributed by atoms with Crippen molar-refractivity contribution in [2.75, 3.05) is 36.9 Å². The molecule has 0 aliphatic carbocycles. The van der Waals surface area contributed by atoms with Gasteiger partial charge in [0.2, 0.25) is 0 Å². The third-order valence-electron chi connectivity index (χ3n) is 9.99. The highest BCUT2D eigenvalue weighted by Crippen LogP contribution is 2.44. The minimum absolute atomic E-state index is 0.181. The van der Waals surface area contributed by atoms with Crippen LogP contribution in [0.4, 0.5) is 20.4 Å². The van der Waals surface area contributed by atoms with Crippen molar-refractivity contribution >= 4 is 34.7 Å². The van der Waals surface area contributed by atoms with Crippen molar-refractivity contribution in [3.63, 3.8) is 0 Å². The predicted molar refractivity (Wildman–Crippen MR) is 197 cm³/mol. The van der Waals surface area contributed by atoms with E-state index in [1.165, 1.54) is 45.7 Å². The fraction of sp³-hybridized carbons (Fsp3) is 0.316. The Morgan fingerprint density at radius 3 is 1.55 bits per heavy atom. The van der Waals surface area contributed by atoms with Crippen LogP contribution in [-0.4, -0.2) is 78.5 Å². The van der Waals surface area contributed by atoms with Gasteiger partial charge in [0.15, 0.2) is 45.5 Å². The van der Waals surface area contributed by atoms with Gasteiger partial charge < -0.3 is 40.2 Å². The van der Waals surface area contributed by atoms with E-state index in [0.29, 0.717) is 68.2 Å². The summed E-state index contributed by atoms with van der Waals surface area (Å²) in [7, 11) is 0. The number of aromatic nitrogens is 6. The molecule has 4 atom stereocenters. The summed E-state index contributed by atoms with van der Waals surface area (Å²) in [4.78, 5) is 34.4. The van der Waals surface area contributed by atoms with Crippen molar-refractivity contribution in [3.05, 3.63) is 95.1 Å². The summed E-state index contributed by atoms with van der Waals surface area (Å²) in [5.74, 6) is 1.27. The number of hydrogen-bond acceptors (Lipinski definition) is 12. The molecule has 2 aromatic carbocycles. The summed E-state index contributed by atoms with van der Waals surface area (Å²) in [6.45, 7) is 8.23. The Hall–Kier alpha value is -6.72. The maximum absolute atomic E-state index is 14.2. The SMILES string of the molecule is C[C@H]1Nc2ccn3ncc(c3n2)C(=O)NC[C@@]2(C)COc3cc(F)cc1c3O2.C[C@H]1Nc2ccn3ncc(c3n2)C(=O)NC[C@]2(C)COc3cc(F)cc1c3O2. The molecule has 0 unspecified atom stereocenters. The number of hydrogen-bond donors (Lipinski definition) is 4. The molecule has 6 aromatic rings. The fourth-order valence-corrected chi connectivity index (χ4v) is 6.98. The number of fused-ring (bicyclic) bond motifs is 4. The van der Waals surface area contributed by atoms with Crippen LogP contribution in [0.25, 0.3) is 11.3 Å². The van der Waals surface area contributed by atoms with Crippen molar-refractivity contribution in [2.24, 2.45) is 0 Å². The van der Waals surface area contributed by atoms with E-state index < -0.39 is 22.8 Å². The van der Waals surface area contributed by atoms with Gasteiger partial charge in [-0.15, -0.1) is 0 Å². The van der Waals surface area contributed by atoms with Gasteiger partial charge in [-0.3, -0.25) is 9.59 Å². The van der Waals surface area contributed by atoms with E-state index in [1.54, 1.807) is 24.5 Å². The quantitative estimate of drug-likeness (QED) is 0.169. The van der Waals surface area contributed by atoms with Crippen LogP contribution < -0.4 is 40.2 Å². The highest BCUT2D eigenvalue weighted by molar-refractivity contribution is 6.00. The van der Waals surface area contributed by atoms with Crippen LogP contribution in [0.1, 0.15) is 71.6 Å². The van der Waals surface area contributed by atoms with Gasteiger partial charge in [0.25, 0.3) is 11.8 Å². The molecule has 0 spiro atoms. The second-order valence-corrected chi connectivity index (χ2v) is 14.7. The van der Waals surface area contributed by atoms with E-state index in [0.717, 1.165) is 0 Å². The van der Waals surface area contributed by atoms with Gasteiger partial charge in [0.05, 0.1) is 37.6 Å². The number of nitrogens with zero attached hydrogens (tertiary/aromatic N) is 6. The lowest BCUT2D eigenvalue weighted by Crippen LogP contribution is -2.51. The lowest BCUT2D eigenvalue weighted by molar-refractivity contribution is 0.00579. The third-order valence-corrected chi connectivity index (χ3v) is 9.99. The van der Waals surface area contributed by atoms with Crippen LogP contribution in [0.3, 0.4) is 0 Å². The molecule has 0 saturated heterocycles. The first-order chi connectivity index (χ1) is 26.8. The first-order valence-electron chi connectivity index (χ1n) is 17.9. The number of amides is 2. The summed E-state index contributed by atoms with van der Waals surface area (Å²) in [6, 6.07) is 8.31. The Morgan fingerprint density at radius 1 is 0.696 bits per heavy atom. The molecule has 4 N–H and O–H groups in total. The number of halogens is 2. The average molecular weight is 767 g/mol. The van der Waals surface area contributed by atoms with E-state index >= 15 is 0 Å². The molecule has 4 aliphatic heterocycles. The maximum atomic E-state index is 14.2. The zero-order valence-corrected chi connectivity index (χ0v) is 30.6. The smallest absolute Gasteiger partial charge is 0.256 e. The lowest BCUT2D eigenvalue weighted by Gasteiger charge is -2.37. The van der Waals surface area contributed by atoms with Crippen molar-refractivity contribution in [2.45, 2.75) is 51.0 Å². The van der Waals surface area contributed by atoms with E-state index in [4.69, 9.17) is 18.9 Å². The minimum atomic E-state index is -0.804. The van der Waals surface area contributed by atoms with Gasteiger partial charge in [-0.1, -0.05) is 0 Å². The summed E-state index contributed by atoms with van der Waals surface area (Å²) < 4.78 is 55.4. The Bertz CT molecular complexity index is 2400. The monoisotopic (exact) mass is 766 g/mol. The van der Waals surface area contributed by atoms with Crippen LogP contribution in [0, 0.1) is 11.6 Å². The standard InChI is InChI=1S/2C19H18FN5O3/c2*1-10-12-5-11(20)6-14-16(12)28-19(2,9-27-14)8-21-18(26)13-7-22-25-4-3-15(23-10)24-17(13)25/h2*3-7,10H,8-9H2,1-2H3,(H,21,26)(H,23,24)/t10-,19+;10-,19-/m11/s1. The lowest BCUT2D eigenvalue weighted by atomic mass is 10.0. The average Bonchev–Trinajstić information content (AvgIpc) is 3.80. The predicted octanol–water partition coefficient (Wildman–Crippen LogP) is 4.63. The van der Waals surface area contributed by atoms with Crippen LogP contribution in [0.15, 0.2) is 61.2 Å². The number of benzene rings is 2. The largest absolute Gasteiger partial charge is 0.485 e. The number of nitrogens with one attached hydrogen (secondary N) is 4. The van der Waals surface area contributed by atoms with Crippen LogP contribution in [0.5, 0.6) is 23.0 Å². The molecule has 0 fully saturated rings. The fourth-order valence-electron chi connectivity index (χ4n) is 6.98. The van der Waals surface area contributed by atoms with Crippen LogP contribution >= 0.6 is 0 Å². The minimum Gasteiger partial charge on any atom is -0.485 e. The third kappa shape index (κ3) is 6.25. The molecular weight excluding hydrogens is 730 g/mol. The van der Waals surface area contributed by atoms with E-state index in [2.05, 4.69) is 41.4 Å². The molecule has 2 amide bonds. The molecule has 56 heavy (non-hydrogen) atoms. The normalized spacial score (nSPS) is 23.5. The Morgan fingerprint density at radius 2 is 1.12 bits per heavy atom. The molecule has 4 aliphatic rings. The number of anilines is 2. The summed E-state index contributed by atoms with van der Waals surface area (Å²) in [5, 5.41) is 20.6. The van der Waals surface area contributed by atoms with Gasteiger partial charge in [0, 0.05) is 35.7 Å². The van der Waals surface area contributed by atoms with E-state index in [9.17, 15) is 18.4 Å². The van der Waals surface area contributed by atoms with E-state index in [-0.39, 0.29) is 50.2 Å². The molecule has 4 aromatic heterocycles. The second kappa shape index (κ2) is 13.0. The molecule has 18 heteroatoms. The molecule has 16 nitrogen and oxygen atoms in total. The van der Waals surface area contributed by atoms with Gasteiger partial charge in [-0.2, -0.15) is 10.2 Å². The summed E-state index contributed by atoms with van der Waals surface area (Å²) >= 11 is 0. The van der Waals surface area contributed by atoms with Crippen molar-refractivity contribution < 1.29 is 37.3 Å². The molecule has 8 heterocycles. The summed E-state index contributed by atoms with van der Waals surface area (Å²) in [6.07, 6.45) is 6.39. The first-order valence-corrected chi connectivity index (χ1v) is 17.9. The number of carbonyl (C=O) groups is 2. The van der Waals surface area contributed by atoms with Gasteiger partial charge in [-0.05, 0) is 52.0 Å². The zero-order valence-electron chi connectivity index (χ0n) is 30.6. The van der Waals surface area contributed by atoms with Gasteiger partial charge in [0.1, 0.15) is 47.6 Å². The highest BCUT2D eigenvalue weighted by Gasteiger charge is 2.38. The Labute approximate surface area is 317 Å². The number of carbonyl (C=O) groups excluding carboxylic acids is 2. The van der Waals surface area contributed by atoms with E-state index in [1.807, 2.05) is 27.7 Å². The number of rotatable bonds is 0. The van der Waals surface area contributed by atoms with Crippen LogP contribution in [0.2, 0.25) is 0 Å². The Balaban J connectivity index is 0.000000146. The Kier molecular flexibility index (Phi) is 8.10. The molecule has 10 rings (SSSR count). The highest BCUT2D eigenvalue weighted by atomic mass is 19.1. The molecule has 0 radical (unpaired) electrons. The van der Waals surface area contributed by atoms with Crippen LogP contribution in [-0.2, 0) is 0 Å². The first kappa shape index (κ1) is 35.0. The number of ether oxygens (including phenoxy) is 4. The molecule has 0 saturated carbocycles. The van der Waals surface area contributed by atoms with Crippen molar-refractivity contribution in [1.82, 2.24) is 39.8 Å². The molecular formula is C38H36F2N10O6. The van der Waals surface area contributed by atoms with Gasteiger partial charge >= 0.3 is 0 Å². The van der Waals surface area contributed by atoms with Gasteiger partial charge in [-0.25, -0.2) is 27.8 Å².